The summed E-state index contributed by atoms with van der Waals surface area (Å²) < 4.78 is 0. The van der Waals surface area contributed by atoms with Crippen molar-refractivity contribution in [2.75, 3.05) is 12.3 Å². The summed E-state index contributed by atoms with van der Waals surface area (Å²) in [4.78, 5) is 0. The summed E-state index contributed by atoms with van der Waals surface area (Å²) in [5.41, 5.74) is 4.65. The van der Waals surface area contributed by atoms with Crippen LogP contribution in [0.1, 0.15) is 46.0 Å². The summed E-state index contributed by atoms with van der Waals surface area (Å²) in [6, 6.07) is 0. The maximum atomic E-state index is 2.55. The van der Waals surface area contributed by atoms with Crippen LogP contribution in [0.3, 0.4) is 0 Å². The Balaban J connectivity index is 1.75. The summed E-state index contributed by atoms with van der Waals surface area (Å²) >= 11 is 0. The lowest BCUT2D eigenvalue weighted by Gasteiger charge is -2.22. The van der Waals surface area contributed by atoms with Gasteiger partial charge in [0.25, 0.3) is 0 Å². The minimum absolute atomic E-state index is 0.465. The second kappa shape index (κ2) is 4.27. The Morgan fingerprint density at radius 1 is 0.733 bits per heavy atom. The molecular weight excluding hydrogens is 218 g/mol. The van der Waals surface area contributed by atoms with Gasteiger partial charge in [0.05, 0.1) is 0 Å². The maximum Gasteiger partial charge on any atom is -0.0200 e. The van der Waals surface area contributed by atoms with Crippen LogP contribution in [0.25, 0.3) is 0 Å². The molecule has 3 aliphatic rings. The summed E-state index contributed by atoms with van der Waals surface area (Å²) in [5, 5.41) is 0. The molecule has 0 N–H and O–H groups in total. The van der Waals surface area contributed by atoms with E-state index in [0.29, 0.717) is 15.8 Å². The Morgan fingerprint density at radius 2 is 1.20 bits per heavy atom. The van der Waals surface area contributed by atoms with Crippen LogP contribution in [0, 0.1) is 0 Å². The second-order valence-corrected chi connectivity index (χ2v) is 12.0. The van der Waals surface area contributed by atoms with E-state index in [1.807, 2.05) is 0 Å². The first-order chi connectivity index (χ1) is 7.25. The fourth-order valence-electron chi connectivity index (χ4n) is 4.11. The molecule has 4 unspecified atom stereocenters. The maximum absolute atomic E-state index is 2.55. The molecule has 15 heavy (non-hydrogen) atoms. The normalized spacial score (nSPS) is 54.8. The van der Waals surface area contributed by atoms with Crippen molar-refractivity contribution in [3.63, 3.8) is 0 Å². The minimum atomic E-state index is 0.465. The van der Waals surface area contributed by atoms with Gasteiger partial charge in [-0.15, -0.1) is 15.8 Å². The Kier molecular flexibility index (Phi) is 3.12. The third-order valence-corrected chi connectivity index (χ3v) is 12.5. The molecule has 0 radical (unpaired) electrons. The summed E-state index contributed by atoms with van der Waals surface area (Å²) in [6.45, 7) is 5.09. The van der Waals surface area contributed by atoms with Crippen molar-refractivity contribution in [3.05, 3.63) is 0 Å². The van der Waals surface area contributed by atoms with Crippen LogP contribution >= 0.6 is 15.8 Å². The summed E-state index contributed by atoms with van der Waals surface area (Å²) in [5.74, 6) is 0. The molecule has 0 spiro atoms. The molecule has 0 aromatic rings. The van der Waals surface area contributed by atoms with Crippen molar-refractivity contribution >= 4 is 15.8 Å². The molecule has 3 heterocycles. The molecule has 0 aliphatic carbocycles. The standard InChI is InChI=1S/C13H24P2/c1-10-3-5-12-9-13-6-4-11(2)15(13)8-7-14(10)12/h10-13H,3-9H2,1-2H3/t10-,11?,12?,13+,14?,15?/m0/s1. The zero-order valence-electron chi connectivity index (χ0n) is 10.2. The topological polar surface area (TPSA) is 0 Å². The van der Waals surface area contributed by atoms with Gasteiger partial charge in [-0.25, -0.2) is 0 Å². The second-order valence-electron chi connectivity index (χ2n) is 5.87. The fourth-order valence-corrected chi connectivity index (χ4v) is 12.1. The highest BCUT2D eigenvalue weighted by Gasteiger charge is 2.42. The smallest absolute Gasteiger partial charge is 0.0200 e. The zero-order valence-corrected chi connectivity index (χ0v) is 11.9. The number of rotatable bonds is 0. The molecule has 86 valence electrons. The van der Waals surface area contributed by atoms with Gasteiger partial charge in [-0.3, -0.25) is 0 Å². The van der Waals surface area contributed by atoms with Crippen molar-refractivity contribution < 1.29 is 0 Å². The van der Waals surface area contributed by atoms with Crippen molar-refractivity contribution in [2.45, 2.75) is 68.6 Å². The highest BCUT2D eigenvalue weighted by atomic mass is 31.1. The van der Waals surface area contributed by atoms with E-state index in [1.165, 1.54) is 11.3 Å². The van der Waals surface area contributed by atoms with E-state index in [1.54, 1.807) is 44.4 Å². The lowest BCUT2D eigenvalue weighted by Crippen LogP contribution is -2.08. The predicted octanol–water partition coefficient (Wildman–Crippen LogP) is 4.46. The van der Waals surface area contributed by atoms with E-state index in [9.17, 15) is 0 Å². The monoisotopic (exact) mass is 242 g/mol. The van der Waals surface area contributed by atoms with E-state index in [-0.39, 0.29) is 0 Å². The van der Waals surface area contributed by atoms with Crippen LogP contribution in [0.2, 0.25) is 0 Å². The zero-order chi connectivity index (χ0) is 10.4. The molecule has 2 heteroatoms. The Hall–Kier alpha value is 0.860. The van der Waals surface area contributed by atoms with Crippen molar-refractivity contribution in [1.29, 1.82) is 0 Å². The van der Waals surface area contributed by atoms with Crippen LogP contribution in [0.15, 0.2) is 0 Å². The first kappa shape index (κ1) is 11.0. The van der Waals surface area contributed by atoms with Gasteiger partial charge < -0.3 is 0 Å². The van der Waals surface area contributed by atoms with Gasteiger partial charge in [-0.05, 0) is 67.1 Å². The minimum Gasteiger partial charge on any atom is -0.100 e. The summed E-state index contributed by atoms with van der Waals surface area (Å²) in [7, 11) is 0.929. The molecule has 0 bridgehead atoms. The predicted molar refractivity (Wildman–Crippen MR) is 73.2 cm³/mol. The lowest BCUT2D eigenvalue weighted by atomic mass is 10.1. The highest BCUT2D eigenvalue weighted by molar-refractivity contribution is 7.64. The largest absolute Gasteiger partial charge is 0.100 e. The van der Waals surface area contributed by atoms with Crippen LogP contribution in [0.5, 0.6) is 0 Å². The van der Waals surface area contributed by atoms with E-state index in [0.717, 1.165) is 11.3 Å². The van der Waals surface area contributed by atoms with Crippen LogP contribution < -0.4 is 0 Å². The number of hydrogen-bond acceptors (Lipinski definition) is 0. The molecule has 0 aromatic carbocycles. The van der Waals surface area contributed by atoms with E-state index in [2.05, 4.69) is 13.8 Å². The fraction of sp³-hybridized carbons (Fsp3) is 1.00. The molecule has 0 aromatic heterocycles. The Morgan fingerprint density at radius 3 is 1.67 bits per heavy atom. The van der Waals surface area contributed by atoms with E-state index in [4.69, 9.17) is 0 Å². The molecule has 3 aliphatic heterocycles. The SMILES string of the molecule is CC1CC[C@@H]2CC3CC[C@H](C)P3CCP12. The van der Waals surface area contributed by atoms with Crippen molar-refractivity contribution in [1.82, 2.24) is 0 Å². The van der Waals surface area contributed by atoms with Gasteiger partial charge in [0, 0.05) is 0 Å². The first-order valence-electron chi connectivity index (χ1n) is 6.77. The molecular formula is C13H24P2. The molecule has 3 rings (SSSR count). The van der Waals surface area contributed by atoms with Gasteiger partial charge in [0.1, 0.15) is 0 Å². The van der Waals surface area contributed by atoms with Crippen LogP contribution in [0.4, 0.5) is 0 Å². The van der Waals surface area contributed by atoms with Gasteiger partial charge in [-0.2, -0.15) is 0 Å². The molecule has 6 atom stereocenters. The Labute approximate surface area is 97.1 Å². The van der Waals surface area contributed by atoms with Crippen LogP contribution in [-0.4, -0.2) is 35.0 Å². The first-order valence-corrected chi connectivity index (χ1v) is 10.1. The average Bonchev–Trinajstić information content (AvgIpc) is 2.67. The third-order valence-electron chi connectivity index (χ3n) is 5.07. The molecule has 0 amide bonds. The molecule has 3 saturated heterocycles. The third kappa shape index (κ3) is 1.91. The lowest BCUT2D eigenvalue weighted by molar-refractivity contribution is 0.643. The molecule has 0 nitrogen and oxygen atoms in total. The number of fused-ring (bicyclic) bond motifs is 2. The number of hydrogen-bond donors (Lipinski definition) is 0. The van der Waals surface area contributed by atoms with Gasteiger partial charge in [0.2, 0.25) is 0 Å². The van der Waals surface area contributed by atoms with Gasteiger partial charge in [-0.1, -0.05) is 13.8 Å². The van der Waals surface area contributed by atoms with Gasteiger partial charge >= 0.3 is 0 Å². The van der Waals surface area contributed by atoms with Crippen LogP contribution in [-0.2, 0) is 0 Å². The quantitative estimate of drug-likeness (QED) is 0.550. The Bertz CT molecular complexity index is 217. The molecule has 3 fully saturated rings. The average molecular weight is 242 g/mol. The highest BCUT2D eigenvalue weighted by Crippen LogP contribution is 2.67. The van der Waals surface area contributed by atoms with Gasteiger partial charge in [0.15, 0.2) is 0 Å². The van der Waals surface area contributed by atoms with E-state index < -0.39 is 0 Å². The van der Waals surface area contributed by atoms with E-state index >= 15 is 0 Å². The van der Waals surface area contributed by atoms with Crippen molar-refractivity contribution in [3.8, 4) is 0 Å². The van der Waals surface area contributed by atoms with Crippen molar-refractivity contribution in [2.24, 2.45) is 0 Å². The summed E-state index contributed by atoms with van der Waals surface area (Å²) in [6.07, 6.45) is 11.3. The molecule has 0 saturated carbocycles.